The van der Waals surface area contributed by atoms with Gasteiger partial charge >= 0.3 is 0 Å². The van der Waals surface area contributed by atoms with Crippen molar-refractivity contribution < 1.29 is 9.53 Å². The highest BCUT2D eigenvalue weighted by Crippen LogP contribution is 2.20. The summed E-state index contributed by atoms with van der Waals surface area (Å²) >= 11 is 0. The molecule has 1 unspecified atom stereocenters. The first-order chi connectivity index (χ1) is 17.6. The fourth-order valence-electron chi connectivity index (χ4n) is 4.69. The lowest BCUT2D eigenvalue weighted by Crippen LogP contribution is -2.38. The Hall–Kier alpha value is -3.81. The molecule has 1 atom stereocenters. The number of hydrogen-bond acceptors (Lipinski definition) is 5. The molecular weight excluding hydrogens is 452 g/mol. The molecule has 1 fully saturated rings. The van der Waals surface area contributed by atoms with Crippen molar-refractivity contribution in [2.75, 3.05) is 25.0 Å². The van der Waals surface area contributed by atoms with Gasteiger partial charge in [0.15, 0.2) is 0 Å². The number of aromatic nitrogens is 2. The van der Waals surface area contributed by atoms with Crippen LogP contribution in [0, 0.1) is 0 Å². The van der Waals surface area contributed by atoms with Gasteiger partial charge in [0.1, 0.15) is 5.82 Å². The molecule has 7 heteroatoms. The van der Waals surface area contributed by atoms with Gasteiger partial charge in [-0.15, -0.1) is 0 Å². The molecule has 0 saturated carbocycles. The second-order valence-corrected chi connectivity index (χ2v) is 9.20. The standard InChI is InChI=1S/C29H30N4O3/c34-28(31-25-14-6-4-11-22(25)17-21-9-2-1-3-10-21)20-33(18-23-12-8-16-36-23)19-27-30-26-15-7-5-13-24(26)29(35)32-27/h1-7,9-11,13-15,23H,8,12,16-20H2,(H,31,34)(H,30,32,35). The Morgan fingerprint density at radius 2 is 1.81 bits per heavy atom. The third-order valence-corrected chi connectivity index (χ3v) is 6.42. The summed E-state index contributed by atoms with van der Waals surface area (Å²) in [6.45, 7) is 1.84. The number of fused-ring (bicyclic) bond motifs is 1. The fourth-order valence-corrected chi connectivity index (χ4v) is 4.69. The van der Waals surface area contributed by atoms with Crippen LogP contribution in [-0.4, -0.2) is 46.6 Å². The molecule has 3 aromatic carbocycles. The number of carbonyl (C=O) groups excluding carboxylic acids is 1. The van der Waals surface area contributed by atoms with Gasteiger partial charge in [0.25, 0.3) is 5.56 Å². The molecule has 0 spiro atoms. The van der Waals surface area contributed by atoms with Gasteiger partial charge in [-0.2, -0.15) is 0 Å². The van der Waals surface area contributed by atoms with Gasteiger partial charge in [-0.1, -0.05) is 60.7 Å². The average molecular weight is 483 g/mol. The Labute approximate surface area is 210 Å². The molecule has 1 amide bonds. The van der Waals surface area contributed by atoms with Crippen LogP contribution in [-0.2, 0) is 22.5 Å². The van der Waals surface area contributed by atoms with Crippen LogP contribution in [0.1, 0.15) is 29.8 Å². The van der Waals surface area contributed by atoms with Crippen LogP contribution < -0.4 is 10.9 Å². The Morgan fingerprint density at radius 3 is 2.64 bits per heavy atom. The topological polar surface area (TPSA) is 87.3 Å². The van der Waals surface area contributed by atoms with Crippen LogP contribution in [0.25, 0.3) is 10.9 Å². The fraction of sp³-hybridized carbons (Fsp3) is 0.276. The average Bonchev–Trinajstić information content (AvgIpc) is 3.39. The van der Waals surface area contributed by atoms with Crippen LogP contribution in [0.5, 0.6) is 0 Å². The molecule has 7 nitrogen and oxygen atoms in total. The highest BCUT2D eigenvalue weighted by Gasteiger charge is 2.22. The molecule has 1 aromatic heterocycles. The number of ether oxygens (including phenoxy) is 1. The molecule has 0 radical (unpaired) electrons. The third-order valence-electron chi connectivity index (χ3n) is 6.42. The van der Waals surface area contributed by atoms with E-state index in [1.54, 1.807) is 6.07 Å². The molecule has 184 valence electrons. The number of anilines is 1. The number of hydrogen-bond donors (Lipinski definition) is 2. The van der Waals surface area contributed by atoms with Crippen LogP contribution in [0.3, 0.4) is 0 Å². The molecule has 0 aliphatic carbocycles. The zero-order chi connectivity index (χ0) is 24.7. The summed E-state index contributed by atoms with van der Waals surface area (Å²) in [7, 11) is 0. The molecule has 5 rings (SSSR count). The van der Waals surface area contributed by atoms with Gasteiger partial charge in [0, 0.05) is 18.8 Å². The molecule has 0 bridgehead atoms. The normalized spacial score (nSPS) is 15.4. The first-order valence-corrected chi connectivity index (χ1v) is 12.4. The zero-order valence-electron chi connectivity index (χ0n) is 20.2. The number of benzene rings is 3. The molecule has 36 heavy (non-hydrogen) atoms. The summed E-state index contributed by atoms with van der Waals surface area (Å²) in [6.07, 6.45) is 2.77. The summed E-state index contributed by atoms with van der Waals surface area (Å²) in [5, 5.41) is 3.65. The maximum atomic E-state index is 13.2. The number of carbonyl (C=O) groups is 1. The minimum absolute atomic E-state index is 0.0651. The van der Waals surface area contributed by atoms with E-state index < -0.39 is 0 Å². The van der Waals surface area contributed by atoms with Gasteiger partial charge in [-0.25, -0.2) is 4.98 Å². The lowest BCUT2D eigenvalue weighted by atomic mass is 10.0. The molecule has 1 aliphatic rings. The lowest BCUT2D eigenvalue weighted by Gasteiger charge is -2.24. The van der Waals surface area contributed by atoms with Crippen LogP contribution in [0.4, 0.5) is 5.69 Å². The molecule has 4 aromatic rings. The van der Waals surface area contributed by atoms with E-state index in [4.69, 9.17) is 4.74 Å². The van der Waals surface area contributed by atoms with Crippen molar-refractivity contribution >= 4 is 22.5 Å². The Morgan fingerprint density at radius 1 is 1.03 bits per heavy atom. The monoisotopic (exact) mass is 482 g/mol. The highest BCUT2D eigenvalue weighted by atomic mass is 16.5. The summed E-state index contributed by atoms with van der Waals surface area (Å²) in [5.74, 6) is 0.422. The minimum atomic E-state index is -0.174. The molecule has 2 heterocycles. The number of rotatable bonds is 9. The van der Waals surface area contributed by atoms with Crippen molar-refractivity contribution in [3.8, 4) is 0 Å². The van der Waals surface area contributed by atoms with Crippen molar-refractivity contribution in [2.24, 2.45) is 0 Å². The molecule has 1 saturated heterocycles. The van der Waals surface area contributed by atoms with Crippen molar-refractivity contribution in [1.29, 1.82) is 0 Å². The van der Waals surface area contributed by atoms with E-state index in [0.717, 1.165) is 37.1 Å². The molecular formula is C29H30N4O3. The first-order valence-electron chi connectivity index (χ1n) is 12.4. The van der Waals surface area contributed by atoms with Crippen molar-refractivity contribution in [2.45, 2.75) is 31.9 Å². The predicted octanol–water partition coefficient (Wildman–Crippen LogP) is 4.13. The zero-order valence-corrected chi connectivity index (χ0v) is 20.2. The van der Waals surface area contributed by atoms with Crippen molar-refractivity contribution in [3.63, 3.8) is 0 Å². The SMILES string of the molecule is O=C(CN(Cc1nc2ccccc2c(=O)[nH]1)CC1CCCO1)Nc1ccccc1Cc1ccccc1. The molecule has 2 N–H and O–H groups in total. The Balaban J connectivity index is 1.32. The largest absolute Gasteiger partial charge is 0.377 e. The van der Waals surface area contributed by atoms with Gasteiger partial charge < -0.3 is 15.0 Å². The summed E-state index contributed by atoms with van der Waals surface area (Å²) in [6, 6.07) is 25.4. The minimum Gasteiger partial charge on any atom is -0.377 e. The van der Waals surface area contributed by atoms with Crippen LogP contribution >= 0.6 is 0 Å². The van der Waals surface area contributed by atoms with E-state index in [1.165, 1.54) is 5.56 Å². The summed E-state index contributed by atoms with van der Waals surface area (Å²) in [5.41, 5.74) is 3.52. The second kappa shape index (κ2) is 11.3. The number of nitrogens with zero attached hydrogens (tertiary/aromatic N) is 2. The van der Waals surface area contributed by atoms with Crippen molar-refractivity contribution in [1.82, 2.24) is 14.9 Å². The van der Waals surface area contributed by atoms with Crippen LogP contribution in [0.2, 0.25) is 0 Å². The third kappa shape index (κ3) is 6.05. The smallest absolute Gasteiger partial charge is 0.258 e. The first kappa shape index (κ1) is 23.9. The number of aromatic amines is 1. The second-order valence-electron chi connectivity index (χ2n) is 9.20. The van der Waals surface area contributed by atoms with Crippen molar-refractivity contribution in [3.05, 3.63) is 106 Å². The highest BCUT2D eigenvalue weighted by molar-refractivity contribution is 5.93. The quantitative estimate of drug-likeness (QED) is 0.375. The van der Waals surface area contributed by atoms with E-state index in [0.29, 0.717) is 29.8 Å². The Kier molecular flexibility index (Phi) is 7.50. The maximum Gasteiger partial charge on any atom is 0.258 e. The number of H-pyrrole nitrogens is 1. The van der Waals surface area contributed by atoms with Gasteiger partial charge in [-0.3, -0.25) is 14.5 Å². The van der Waals surface area contributed by atoms with E-state index >= 15 is 0 Å². The van der Waals surface area contributed by atoms with Gasteiger partial charge in [0.2, 0.25) is 5.91 Å². The van der Waals surface area contributed by atoms with Crippen LogP contribution in [0.15, 0.2) is 83.7 Å². The summed E-state index contributed by atoms with van der Waals surface area (Å²) < 4.78 is 5.83. The predicted molar refractivity (Wildman–Crippen MR) is 141 cm³/mol. The Bertz CT molecular complexity index is 1380. The van der Waals surface area contributed by atoms with Gasteiger partial charge in [-0.05, 0) is 48.6 Å². The lowest BCUT2D eigenvalue weighted by molar-refractivity contribution is -0.117. The number of amides is 1. The summed E-state index contributed by atoms with van der Waals surface area (Å²) in [4.78, 5) is 35.3. The van der Waals surface area contributed by atoms with E-state index in [1.807, 2.05) is 65.6 Å². The van der Waals surface area contributed by atoms with E-state index in [9.17, 15) is 9.59 Å². The number of para-hydroxylation sites is 2. The van der Waals surface area contributed by atoms with E-state index in [-0.39, 0.29) is 24.1 Å². The number of nitrogens with one attached hydrogen (secondary N) is 2. The van der Waals surface area contributed by atoms with E-state index in [2.05, 4.69) is 27.4 Å². The molecule has 1 aliphatic heterocycles. The maximum absolute atomic E-state index is 13.2. The van der Waals surface area contributed by atoms with Gasteiger partial charge in [0.05, 0.1) is 30.1 Å².